The average Bonchev–Trinajstić information content (AvgIpc) is 3.96. The molecule has 0 radical (unpaired) electrons. The molecule has 0 amide bonds. The van der Waals surface area contributed by atoms with Gasteiger partial charge >= 0.3 is 0 Å². The summed E-state index contributed by atoms with van der Waals surface area (Å²) in [6.45, 7) is 0. The van der Waals surface area contributed by atoms with E-state index in [1.165, 1.54) is 35.1 Å². The van der Waals surface area contributed by atoms with Crippen LogP contribution in [0.5, 0.6) is 0 Å². The van der Waals surface area contributed by atoms with Crippen LogP contribution in [0.1, 0.15) is 30.7 Å². The van der Waals surface area contributed by atoms with Crippen molar-refractivity contribution in [3.05, 3.63) is 117 Å². The average molecular weight is 813 g/mol. The van der Waals surface area contributed by atoms with Crippen LogP contribution in [0.4, 0.5) is 35.1 Å². The fraction of sp³-hybridized carbons (Fsp3) is 0. The number of ketones is 2. The third-order valence-corrected chi connectivity index (χ3v) is 12.4. The highest BCUT2D eigenvalue weighted by molar-refractivity contribution is 7.26. The van der Waals surface area contributed by atoms with Crippen LogP contribution < -0.4 is 0 Å². The zero-order chi connectivity index (χ0) is 37.7. The van der Waals surface area contributed by atoms with Gasteiger partial charge in [0.15, 0.2) is 33.3 Å². The molecule has 0 fully saturated rings. The fourth-order valence-electron chi connectivity index (χ4n) is 5.60. The number of nitrogens with zero attached hydrogens (tertiary/aromatic N) is 6. The summed E-state index contributed by atoms with van der Waals surface area (Å²) in [4.78, 5) is 48.4. The predicted molar refractivity (Wildman–Crippen MR) is 185 cm³/mol. The van der Waals surface area contributed by atoms with Gasteiger partial charge in [0.05, 0.1) is 30.2 Å². The minimum absolute atomic E-state index is 0.378. The zero-order valence-corrected chi connectivity index (χ0v) is 29.0. The van der Waals surface area contributed by atoms with Gasteiger partial charge in [0, 0.05) is 12.4 Å². The van der Waals surface area contributed by atoms with E-state index in [4.69, 9.17) is 0 Å². The summed E-state index contributed by atoms with van der Waals surface area (Å²) in [7, 11) is 0. The van der Waals surface area contributed by atoms with Crippen molar-refractivity contribution in [2.45, 2.75) is 0 Å². The van der Waals surface area contributed by atoms with Crippen LogP contribution in [0.2, 0.25) is 0 Å². The highest BCUT2D eigenvalue weighted by Crippen LogP contribution is 2.40. The van der Waals surface area contributed by atoms with Crippen LogP contribution in [-0.2, 0) is 0 Å². The summed E-state index contributed by atoms with van der Waals surface area (Å²) in [5, 5.41) is 3.42. The van der Waals surface area contributed by atoms with Crippen molar-refractivity contribution < 1.29 is 44.7 Å². The minimum atomic E-state index is -1.96. The molecule has 6 heterocycles. The summed E-state index contributed by atoms with van der Waals surface area (Å²) in [5.74, 6) is -18.2. The van der Waals surface area contributed by atoms with Crippen molar-refractivity contribution in [2.24, 2.45) is 0 Å². The Morgan fingerprint density at radius 1 is 0.444 bits per heavy atom. The summed E-state index contributed by atoms with van der Waals surface area (Å²) in [5.41, 5.74) is -1.66. The molecule has 0 aliphatic carbocycles. The number of carbonyl (C=O) groups is 2. The molecule has 0 spiro atoms. The summed E-state index contributed by atoms with van der Waals surface area (Å²) < 4.78 is 113. The highest BCUT2D eigenvalue weighted by Gasteiger charge is 2.30. The molecule has 0 aliphatic rings. The molecule has 0 N–H and O–H groups in total. The molecular formula is C34H8F8N6O2S4. The Balaban J connectivity index is 1.02. The molecule has 8 nitrogen and oxygen atoms in total. The molecule has 0 saturated heterocycles. The summed E-state index contributed by atoms with van der Waals surface area (Å²) in [6.07, 6.45) is 2.55. The second-order valence-electron chi connectivity index (χ2n) is 11.3. The Morgan fingerprint density at radius 2 is 0.796 bits per heavy atom. The molecule has 0 bridgehead atoms. The molecule has 6 aromatic heterocycles. The number of hydrogen-bond acceptors (Lipinski definition) is 12. The first-order valence-electron chi connectivity index (χ1n) is 14.8. The maximum Gasteiger partial charge on any atom is 0.252 e. The lowest BCUT2D eigenvalue weighted by Gasteiger charge is -2.03. The number of hydrogen-bond donors (Lipinski definition) is 0. The molecule has 0 aliphatic heterocycles. The fourth-order valence-corrected chi connectivity index (χ4v) is 9.39. The van der Waals surface area contributed by atoms with E-state index in [0.717, 1.165) is 53.6 Å². The molecule has 9 aromatic rings. The monoisotopic (exact) mass is 812 g/mol. The number of halogens is 8. The maximum atomic E-state index is 14.2. The molecule has 9 rings (SSSR count). The van der Waals surface area contributed by atoms with Gasteiger partial charge in [0.2, 0.25) is 11.6 Å². The molecular weight excluding hydrogens is 805 g/mol. The van der Waals surface area contributed by atoms with Gasteiger partial charge in [-0.05, 0) is 57.9 Å². The van der Waals surface area contributed by atoms with E-state index in [-0.39, 0.29) is 0 Å². The largest absolute Gasteiger partial charge is 0.286 e. The number of benzene rings is 3. The van der Waals surface area contributed by atoms with Crippen LogP contribution in [0.15, 0.2) is 48.8 Å². The number of pyridine rings is 2. The van der Waals surface area contributed by atoms with Crippen LogP contribution in [0.3, 0.4) is 0 Å². The van der Waals surface area contributed by atoms with Crippen molar-refractivity contribution in [3.63, 3.8) is 0 Å². The van der Waals surface area contributed by atoms with Gasteiger partial charge in [-0.25, -0.2) is 37.5 Å². The second-order valence-corrected chi connectivity index (χ2v) is 15.5. The smallest absolute Gasteiger partial charge is 0.252 e. The SMILES string of the molecule is O=C(c1ncc(-c2nc3cc4cc5cc6sc(-c7cnc(C(=O)c8c(F)c(F)nc(F)c8F)s7)nc6cc5cc4cc3s2)s1)c1c(F)c(F)nc(F)c1F. The van der Waals surface area contributed by atoms with Crippen LogP contribution >= 0.6 is 45.3 Å². The third kappa shape index (κ3) is 5.43. The van der Waals surface area contributed by atoms with Crippen molar-refractivity contribution in [1.82, 2.24) is 29.9 Å². The molecule has 0 atom stereocenters. The second kappa shape index (κ2) is 12.4. The first-order valence-corrected chi connectivity index (χ1v) is 18.1. The number of fused-ring (bicyclic) bond motifs is 4. The van der Waals surface area contributed by atoms with E-state index in [1.807, 2.05) is 36.4 Å². The van der Waals surface area contributed by atoms with Crippen molar-refractivity contribution in [1.29, 1.82) is 0 Å². The molecule has 20 heteroatoms. The lowest BCUT2D eigenvalue weighted by Crippen LogP contribution is -2.13. The van der Waals surface area contributed by atoms with Crippen LogP contribution in [-0.4, -0.2) is 41.5 Å². The molecule has 0 unspecified atom stereocenters. The van der Waals surface area contributed by atoms with E-state index in [2.05, 4.69) is 29.9 Å². The van der Waals surface area contributed by atoms with Gasteiger partial charge in [0.25, 0.3) is 23.8 Å². The van der Waals surface area contributed by atoms with Gasteiger partial charge in [-0.3, -0.25) is 9.59 Å². The molecule has 54 heavy (non-hydrogen) atoms. The van der Waals surface area contributed by atoms with Crippen LogP contribution in [0.25, 0.3) is 61.7 Å². The Bertz CT molecular complexity index is 2780. The molecule has 0 saturated carbocycles. The quantitative estimate of drug-likeness (QED) is 0.0707. The van der Waals surface area contributed by atoms with E-state index >= 15 is 0 Å². The van der Waals surface area contributed by atoms with Gasteiger partial charge in [-0.1, -0.05) is 0 Å². The van der Waals surface area contributed by atoms with Crippen molar-refractivity contribution >= 4 is 98.9 Å². The van der Waals surface area contributed by atoms with E-state index in [0.29, 0.717) is 30.8 Å². The van der Waals surface area contributed by atoms with E-state index < -0.39 is 79.8 Å². The highest BCUT2D eigenvalue weighted by atomic mass is 32.1. The Hall–Kier alpha value is -5.70. The van der Waals surface area contributed by atoms with E-state index in [1.54, 1.807) is 0 Å². The molecule has 3 aromatic carbocycles. The normalized spacial score (nSPS) is 11.9. The number of aromatic nitrogens is 6. The first-order chi connectivity index (χ1) is 25.8. The standard InChI is InChI=1S/C34H8F8N6O2S4/c35-21-19(22(36)28(40)47-27(21)39)25(49)33-43-7-17(53-33)31-45-13-3-9-1-11-5-15-14(4-10(11)2-12(9)6-16(13)52-31)46-32(51-15)18-8-44-34(54-18)26(50)20-23(37)29(41)48-30(42)24(20)38/h1-8H. The minimum Gasteiger partial charge on any atom is -0.286 e. The summed E-state index contributed by atoms with van der Waals surface area (Å²) >= 11 is 4.02. The Morgan fingerprint density at radius 3 is 1.17 bits per heavy atom. The summed E-state index contributed by atoms with van der Waals surface area (Å²) in [6, 6.07) is 11.4. The van der Waals surface area contributed by atoms with Gasteiger partial charge in [-0.2, -0.15) is 27.5 Å². The molecule has 266 valence electrons. The van der Waals surface area contributed by atoms with Crippen molar-refractivity contribution in [3.8, 4) is 19.8 Å². The Labute approximate surface area is 309 Å². The van der Waals surface area contributed by atoms with Gasteiger partial charge in [-0.15, -0.1) is 45.3 Å². The van der Waals surface area contributed by atoms with Gasteiger partial charge in [0.1, 0.15) is 21.1 Å². The number of rotatable bonds is 6. The lowest BCUT2D eigenvalue weighted by atomic mass is 10.0. The first kappa shape index (κ1) is 34.1. The number of thiazole rings is 4. The van der Waals surface area contributed by atoms with Crippen LogP contribution in [0, 0.1) is 47.1 Å². The topological polar surface area (TPSA) is 111 Å². The third-order valence-electron chi connectivity index (χ3n) is 8.08. The van der Waals surface area contributed by atoms with E-state index in [9.17, 15) is 44.7 Å². The van der Waals surface area contributed by atoms with Crippen molar-refractivity contribution in [2.75, 3.05) is 0 Å². The van der Waals surface area contributed by atoms with Gasteiger partial charge < -0.3 is 0 Å². The maximum absolute atomic E-state index is 14.2. The number of carbonyl (C=O) groups excluding carboxylic acids is 2. The lowest BCUT2D eigenvalue weighted by molar-refractivity contribution is 0.101. The Kier molecular flexibility index (Phi) is 7.85. The predicted octanol–water partition coefficient (Wildman–Crippen LogP) is 9.82. The zero-order valence-electron chi connectivity index (χ0n) is 25.8.